The van der Waals surface area contributed by atoms with E-state index >= 15 is 0 Å². The molecular weight excluding hydrogens is 444 g/mol. The van der Waals surface area contributed by atoms with Crippen molar-refractivity contribution in [3.8, 4) is 22.7 Å². The van der Waals surface area contributed by atoms with Gasteiger partial charge in [-0.2, -0.15) is 10.2 Å². The number of methoxy groups -OCH3 is 1. The van der Waals surface area contributed by atoms with Gasteiger partial charge >= 0.3 is 0 Å². The van der Waals surface area contributed by atoms with Crippen LogP contribution in [0.15, 0.2) is 127 Å². The summed E-state index contributed by atoms with van der Waals surface area (Å²) in [5.41, 5.74) is 7.42. The average Bonchev–Trinajstić information content (AvgIpc) is 3.60. The van der Waals surface area contributed by atoms with E-state index in [4.69, 9.17) is 14.9 Å². The highest BCUT2D eigenvalue weighted by Crippen LogP contribution is 2.40. The van der Waals surface area contributed by atoms with Crippen molar-refractivity contribution in [2.45, 2.75) is 12.5 Å². The molecule has 4 aromatic carbocycles. The Morgan fingerprint density at radius 2 is 1.31 bits per heavy atom. The molecule has 0 amide bonds. The summed E-state index contributed by atoms with van der Waals surface area (Å²) in [7, 11) is 1.69. The number of aromatic nitrogens is 2. The topological polar surface area (TPSA) is 42.6 Å². The number of ether oxygens (including phenoxy) is 1. The van der Waals surface area contributed by atoms with Gasteiger partial charge < -0.3 is 4.74 Å². The van der Waals surface area contributed by atoms with Gasteiger partial charge in [-0.25, -0.2) is 4.68 Å². The first-order valence-electron chi connectivity index (χ1n) is 12.1. The van der Waals surface area contributed by atoms with Gasteiger partial charge in [0.25, 0.3) is 0 Å². The normalized spacial score (nSPS) is 15.1. The van der Waals surface area contributed by atoms with E-state index < -0.39 is 0 Å². The second-order valence-corrected chi connectivity index (χ2v) is 8.75. The van der Waals surface area contributed by atoms with Crippen LogP contribution in [0.25, 0.3) is 16.9 Å². The maximum Gasteiger partial charge on any atom is 0.118 e. The van der Waals surface area contributed by atoms with Gasteiger partial charge in [0.1, 0.15) is 5.75 Å². The minimum Gasteiger partial charge on any atom is -0.497 e. The summed E-state index contributed by atoms with van der Waals surface area (Å²) in [6.07, 6.45) is 2.92. The maximum absolute atomic E-state index is 5.36. The molecule has 2 heterocycles. The van der Waals surface area contributed by atoms with Crippen molar-refractivity contribution in [1.29, 1.82) is 0 Å². The fraction of sp³-hybridized carbons (Fsp3) is 0.0968. The first-order valence-corrected chi connectivity index (χ1v) is 12.1. The molecule has 1 aromatic heterocycles. The molecule has 0 saturated heterocycles. The number of rotatable bonds is 6. The van der Waals surface area contributed by atoms with E-state index in [1.165, 1.54) is 0 Å². The van der Waals surface area contributed by atoms with Gasteiger partial charge in [0.05, 0.1) is 35.9 Å². The zero-order valence-electron chi connectivity index (χ0n) is 20.0. The summed E-state index contributed by atoms with van der Waals surface area (Å²) in [5.74, 6) is 0.837. The summed E-state index contributed by atoms with van der Waals surface area (Å²) in [6, 6.07) is 39.1. The van der Waals surface area contributed by atoms with Gasteiger partial charge in [-0.15, -0.1) is 0 Å². The molecule has 0 spiro atoms. The molecule has 6 rings (SSSR count). The summed E-state index contributed by atoms with van der Waals surface area (Å²) in [4.78, 5) is 0. The highest BCUT2D eigenvalue weighted by molar-refractivity contribution is 6.03. The van der Waals surface area contributed by atoms with E-state index in [1.54, 1.807) is 7.11 Å². The third-order valence-electron chi connectivity index (χ3n) is 6.52. The van der Waals surface area contributed by atoms with Crippen molar-refractivity contribution in [2.75, 3.05) is 12.1 Å². The molecule has 0 aliphatic carbocycles. The average molecular weight is 471 g/mol. The largest absolute Gasteiger partial charge is 0.497 e. The molecule has 1 atom stereocenters. The SMILES string of the molecule is COc1ccc(C2=NN(c3ccccc3)[C@H](c3cn(-c4ccccc4)nc3-c3ccccc3)C2)cc1. The van der Waals surface area contributed by atoms with Crippen LogP contribution in [0, 0.1) is 0 Å². The summed E-state index contributed by atoms with van der Waals surface area (Å²) in [6.45, 7) is 0. The van der Waals surface area contributed by atoms with Gasteiger partial charge in [0, 0.05) is 23.7 Å². The lowest BCUT2D eigenvalue weighted by atomic mass is 9.96. The van der Waals surface area contributed by atoms with Crippen molar-refractivity contribution in [2.24, 2.45) is 5.10 Å². The molecule has 1 aliphatic rings. The summed E-state index contributed by atoms with van der Waals surface area (Å²) < 4.78 is 7.34. The number of para-hydroxylation sites is 2. The zero-order chi connectivity index (χ0) is 24.3. The van der Waals surface area contributed by atoms with Crippen LogP contribution in [-0.4, -0.2) is 22.6 Å². The molecule has 0 saturated carbocycles. The molecule has 0 unspecified atom stereocenters. The Labute approximate surface area is 210 Å². The number of hydrogen-bond donors (Lipinski definition) is 0. The molecule has 5 heteroatoms. The molecule has 0 bridgehead atoms. The number of hydrazone groups is 1. The Morgan fingerprint density at radius 3 is 1.94 bits per heavy atom. The second-order valence-electron chi connectivity index (χ2n) is 8.75. The third-order valence-corrected chi connectivity index (χ3v) is 6.52. The number of anilines is 1. The van der Waals surface area contributed by atoms with Crippen LogP contribution < -0.4 is 9.75 Å². The van der Waals surface area contributed by atoms with E-state index in [-0.39, 0.29) is 6.04 Å². The van der Waals surface area contributed by atoms with E-state index in [0.29, 0.717) is 0 Å². The molecule has 0 N–H and O–H groups in total. The maximum atomic E-state index is 5.36. The van der Waals surface area contributed by atoms with Crippen molar-refractivity contribution < 1.29 is 4.74 Å². The predicted molar refractivity (Wildman–Crippen MR) is 145 cm³/mol. The van der Waals surface area contributed by atoms with Crippen molar-refractivity contribution in [3.05, 3.63) is 133 Å². The quantitative estimate of drug-likeness (QED) is 0.271. The van der Waals surface area contributed by atoms with Crippen molar-refractivity contribution in [3.63, 3.8) is 0 Å². The van der Waals surface area contributed by atoms with Crippen LogP contribution in [0.2, 0.25) is 0 Å². The van der Waals surface area contributed by atoms with Crippen LogP contribution in [0.1, 0.15) is 23.6 Å². The van der Waals surface area contributed by atoms with Gasteiger partial charge in [-0.3, -0.25) is 5.01 Å². The van der Waals surface area contributed by atoms with E-state index in [1.807, 2.05) is 47.1 Å². The molecule has 36 heavy (non-hydrogen) atoms. The monoisotopic (exact) mass is 470 g/mol. The Hall–Kier alpha value is -4.64. The molecule has 0 radical (unpaired) electrons. The first-order chi connectivity index (χ1) is 17.8. The van der Waals surface area contributed by atoms with E-state index in [2.05, 4.69) is 84.0 Å². The molecule has 176 valence electrons. The lowest BCUT2D eigenvalue weighted by Gasteiger charge is -2.23. The smallest absolute Gasteiger partial charge is 0.118 e. The lowest BCUT2D eigenvalue weighted by molar-refractivity contribution is 0.415. The van der Waals surface area contributed by atoms with Crippen LogP contribution in [0.3, 0.4) is 0 Å². The van der Waals surface area contributed by atoms with Crippen LogP contribution >= 0.6 is 0 Å². The minimum absolute atomic E-state index is 0.00262. The fourth-order valence-electron chi connectivity index (χ4n) is 4.69. The van der Waals surface area contributed by atoms with Crippen molar-refractivity contribution >= 4 is 11.4 Å². The molecule has 5 aromatic rings. The van der Waals surface area contributed by atoms with Gasteiger partial charge in [0.15, 0.2) is 0 Å². The van der Waals surface area contributed by atoms with Crippen LogP contribution in [-0.2, 0) is 0 Å². The third kappa shape index (κ3) is 4.16. The lowest BCUT2D eigenvalue weighted by Crippen LogP contribution is -2.18. The Kier molecular flexibility index (Phi) is 5.80. The molecule has 5 nitrogen and oxygen atoms in total. The minimum atomic E-state index is -0.00262. The Balaban J connectivity index is 1.47. The highest BCUT2D eigenvalue weighted by atomic mass is 16.5. The van der Waals surface area contributed by atoms with Crippen LogP contribution in [0.5, 0.6) is 5.75 Å². The van der Waals surface area contributed by atoms with Crippen LogP contribution in [0.4, 0.5) is 5.69 Å². The van der Waals surface area contributed by atoms with E-state index in [9.17, 15) is 0 Å². The standard InChI is InChI=1S/C31H26N4O/c1-36-27-19-17-23(18-20-27)29-21-30(35(32-29)26-15-9-4-10-16-26)28-22-34(25-13-7-3-8-14-25)33-31(28)24-11-5-2-6-12-24/h2-20,22,30H,21H2,1H3/t30-/m0/s1. The van der Waals surface area contributed by atoms with E-state index in [0.717, 1.165) is 51.6 Å². The van der Waals surface area contributed by atoms with Crippen molar-refractivity contribution in [1.82, 2.24) is 9.78 Å². The second kappa shape index (κ2) is 9.55. The number of nitrogens with zero attached hydrogens (tertiary/aromatic N) is 4. The first kappa shape index (κ1) is 21.9. The summed E-state index contributed by atoms with van der Waals surface area (Å²) >= 11 is 0. The zero-order valence-corrected chi connectivity index (χ0v) is 20.0. The highest BCUT2D eigenvalue weighted by Gasteiger charge is 2.33. The summed E-state index contributed by atoms with van der Waals surface area (Å²) in [5, 5.41) is 12.3. The fourth-order valence-corrected chi connectivity index (χ4v) is 4.69. The molecular formula is C31H26N4O. The Bertz CT molecular complexity index is 1480. The predicted octanol–water partition coefficient (Wildman–Crippen LogP) is 6.90. The molecule has 1 aliphatic heterocycles. The van der Waals surface area contributed by atoms with Gasteiger partial charge in [-0.05, 0) is 54.1 Å². The number of benzene rings is 4. The number of hydrogen-bond acceptors (Lipinski definition) is 4. The molecule has 0 fully saturated rings. The van der Waals surface area contributed by atoms with Gasteiger partial charge in [0.2, 0.25) is 0 Å². The Morgan fingerprint density at radius 1 is 0.694 bits per heavy atom. The van der Waals surface area contributed by atoms with Gasteiger partial charge in [-0.1, -0.05) is 66.7 Å².